The number of alkyl halides is 3. The number of likely N-dealkylation sites (N-methyl/N-ethyl adjacent to an activating group) is 1. The second kappa shape index (κ2) is 8.60. The Morgan fingerprint density at radius 1 is 1.18 bits per heavy atom. The molecule has 4 rings (SSSR count). The molecule has 0 aliphatic carbocycles. The van der Waals surface area contributed by atoms with E-state index in [4.69, 9.17) is 4.74 Å². The van der Waals surface area contributed by atoms with Crippen molar-refractivity contribution < 1.29 is 22.7 Å². The van der Waals surface area contributed by atoms with Gasteiger partial charge >= 0.3 is 6.18 Å². The molecule has 174 valence electrons. The molecule has 0 spiro atoms. The van der Waals surface area contributed by atoms with Crippen LogP contribution in [0, 0.1) is 6.92 Å². The van der Waals surface area contributed by atoms with E-state index in [9.17, 15) is 18.0 Å². The number of amides is 1. The number of nitrogens with zero attached hydrogens (tertiary/aromatic N) is 5. The number of ether oxygens (including phenoxy) is 1. The lowest BCUT2D eigenvalue weighted by molar-refractivity contribution is -0.142. The van der Waals surface area contributed by atoms with Gasteiger partial charge in [0.2, 0.25) is 11.9 Å². The van der Waals surface area contributed by atoms with Gasteiger partial charge in [0.15, 0.2) is 11.5 Å². The average Bonchev–Trinajstić information content (AvgIpc) is 3.13. The van der Waals surface area contributed by atoms with Crippen LogP contribution in [0.5, 0.6) is 5.75 Å². The van der Waals surface area contributed by atoms with E-state index in [1.165, 1.54) is 13.2 Å². The lowest BCUT2D eigenvalue weighted by Crippen LogP contribution is -2.36. The van der Waals surface area contributed by atoms with Crippen molar-refractivity contribution in [2.24, 2.45) is 7.05 Å². The highest BCUT2D eigenvalue weighted by Crippen LogP contribution is 2.31. The van der Waals surface area contributed by atoms with Gasteiger partial charge in [0.25, 0.3) is 0 Å². The van der Waals surface area contributed by atoms with Crippen molar-refractivity contribution in [3.8, 4) is 5.75 Å². The maximum atomic E-state index is 13.1. The van der Waals surface area contributed by atoms with Gasteiger partial charge in [0, 0.05) is 32.4 Å². The zero-order valence-electron chi connectivity index (χ0n) is 18.2. The highest BCUT2D eigenvalue weighted by atomic mass is 19.4. The fourth-order valence-corrected chi connectivity index (χ4v) is 3.46. The highest BCUT2D eigenvalue weighted by molar-refractivity contribution is 6.00. The summed E-state index contributed by atoms with van der Waals surface area (Å²) in [6, 6.07) is 6.97. The number of aromatic nitrogens is 4. The topological polar surface area (TPSA) is 97.2 Å². The van der Waals surface area contributed by atoms with E-state index in [1.54, 1.807) is 43.1 Å². The molecule has 12 heteroatoms. The molecule has 3 heterocycles. The van der Waals surface area contributed by atoms with Gasteiger partial charge in [0.05, 0.1) is 12.2 Å². The van der Waals surface area contributed by atoms with Crippen LogP contribution < -0.4 is 20.3 Å². The first kappa shape index (κ1) is 22.4. The molecule has 33 heavy (non-hydrogen) atoms. The minimum Gasteiger partial charge on any atom is -0.489 e. The van der Waals surface area contributed by atoms with E-state index in [0.29, 0.717) is 35.4 Å². The number of aryl methyl sites for hydroxylation is 2. The third-order valence-electron chi connectivity index (χ3n) is 5.02. The minimum absolute atomic E-state index is 0.0307. The number of halogens is 3. The molecule has 3 aromatic rings. The first-order valence-corrected chi connectivity index (χ1v) is 10.0. The van der Waals surface area contributed by atoms with Gasteiger partial charge in [-0.1, -0.05) is 12.1 Å². The van der Waals surface area contributed by atoms with Gasteiger partial charge in [-0.05, 0) is 24.6 Å². The van der Waals surface area contributed by atoms with E-state index < -0.39 is 11.9 Å². The third-order valence-corrected chi connectivity index (χ3v) is 5.02. The number of hydrogen-bond acceptors (Lipinski definition) is 7. The molecule has 1 aliphatic rings. The van der Waals surface area contributed by atoms with Gasteiger partial charge in [-0.3, -0.25) is 9.48 Å². The molecule has 0 bridgehead atoms. The Kier molecular flexibility index (Phi) is 5.83. The van der Waals surface area contributed by atoms with Crippen molar-refractivity contribution in [2.45, 2.75) is 26.3 Å². The first-order chi connectivity index (χ1) is 15.6. The van der Waals surface area contributed by atoms with E-state index in [0.717, 1.165) is 10.2 Å². The number of carbonyl (C=O) groups is 1. The number of benzene rings is 1. The number of anilines is 3. The van der Waals surface area contributed by atoms with Crippen LogP contribution in [-0.4, -0.2) is 39.2 Å². The fraction of sp³-hybridized carbons (Fsp3) is 0.333. The van der Waals surface area contributed by atoms with Gasteiger partial charge in [-0.2, -0.15) is 23.3 Å². The maximum Gasteiger partial charge on any atom is 0.435 e. The van der Waals surface area contributed by atoms with Crippen molar-refractivity contribution in [1.82, 2.24) is 19.7 Å². The van der Waals surface area contributed by atoms with Crippen LogP contribution in [0.4, 0.5) is 30.6 Å². The van der Waals surface area contributed by atoms with Crippen LogP contribution in [-0.2, 0) is 31.2 Å². The third kappa shape index (κ3) is 4.99. The van der Waals surface area contributed by atoms with Crippen molar-refractivity contribution in [3.05, 3.63) is 53.0 Å². The predicted molar refractivity (Wildman–Crippen MR) is 115 cm³/mol. The lowest BCUT2D eigenvalue weighted by Gasteiger charge is -2.27. The Morgan fingerprint density at radius 2 is 1.91 bits per heavy atom. The number of nitrogens with one attached hydrogen (secondary N) is 2. The molecule has 0 unspecified atom stereocenters. The standard InChI is InChI=1S/C21H22F3N7O2/c1-12-17-19(30(2)10-16(32)27-17)28-20(26-12)25-8-13-4-6-15(7-5-13)33-11-14-9-31(3)29-18(14)21(22,23)24/h4-7,9H,8,10-11H2,1-3H3,(H,27,32)(H,25,26,28). The summed E-state index contributed by atoms with van der Waals surface area (Å²) in [6.07, 6.45) is -3.24. The minimum atomic E-state index is -4.53. The zero-order chi connectivity index (χ0) is 23.8. The van der Waals surface area contributed by atoms with E-state index in [2.05, 4.69) is 25.7 Å². The fourth-order valence-electron chi connectivity index (χ4n) is 3.46. The molecule has 0 fully saturated rings. The van der Waals surface area contributed by atoms with Gasteiger partial charge in [-0.15, -0.1) is 0 Å². The second-order valence-electron chi connectivity index (χ2n) is 7.70. The average molecular weight is 461 g/mol. The Bertz CT molecular complexity index is 1180. The Morgan fingerprint density at radius 3 is 2.61 bits per heavy atom. The lowest BCUT2D eigenvalue weighted by atomic mass is 10.2. The molecular weight excluding hydrogens is 439 g/mol. The zero-order valence-corrected chi connectivity index (χ0v) is 18.2. The van der Waals surface area contributed by atoms with Crippen LogP contribution in [0.2, 0.25) is 0 Å². The summed E-state index contributed by atoms with van der Waals surface area (Å²) in [4.78, 5) is 22.3. The number of hydrogen-bond donors (Lipinski definition) is 2. The summed E-state index contributed by atoms with van der Waals surface area (Å²) in [5.74, 6) is 1.39. The molecule has 1 aromatic carbocycles. The largest absolute Gasteiger partial charge is 0.489 e. The van der Waals surface area contributed by atoms with Crippen molar-refractivity contribution in [1.29, 1.82) is 0 Å². The van der Waals surface area contributed by atoms with Gasteiger partial charge < -0.3 is 20.3 Å². The molecule has 0 atom stereocenters. The molecule has 0 radical (unpaired) electrons. The molecule has 2 N–H and O–H groups in total. The summed E-state index contributed by atoms with van der Waals surface area (Å²) in [7, 11) is 3.22. The van der Waals surface area contributed by atoms with Crippen LogP contribution in [0.25, 0.3) is 0 Å². The summed E-state index contributed by atoms with van der Waals surface area (Å²) < 4.78 is 45.8. The summed E-state index contributed by atoms with van der Waals surface area (Å²) >= 11 is 0. The molecule has 9 nitrogen and oxygen atoms in total. The first-order valence-electron chi connectivity index (χ1n) is 10.0. The van der Waals surface area contributed by atoms with Crippen molar-refractivity contribution in [3.63, 3.8) is 0 Å². The molecule has 2 aromatic heterocycles. The van der Waals surface area contributed by atoms with Crippen LogP contribution in [0.3, 0.4) is 0 Å². The normalized spacial score (nSPS) is 13.5. The van der Waals surface area contributed by atoms with E-state index >= 15 is 0 Å². The molecule has 0 saturated heterocycles. The SMILES string of the molecule is Cc1nc(NCc2ccc(OCc3cn(C)nc3C(F)(F)F)cc2)nc2c1NC(=O)CN2C. The van der Waals surface area contributed by atoms with Crippen molar-refractivity contribution >= 4 is 23.4 Å². The van der Waals surface area contributed by atoms with Crippen molar-refractivity contribution in [2.75, 3.05) is 29.1 Å². The van der Waals surface area contributed by atoms with Crippen LogP contribution in [0.1, 0.15) is 22.5 Å². The van der Waals surface area contributed by atoms with E-state index in [-0.39, 0.29) is 24.6 Å². The predicted octanol–water partition coefficient (Wildman–Crippen LogP) is 3.12. The Hall–Kier alpha value is -3.83. The smallest absolute Gasteiger partial charge is 0.435 e. The summed E-state index contributed by atoms with van der Waals surface area (Å²) in [5, 5.41) is 9.41. The monoisotopic (exact) mass is 461 g/mol. The molecule has 0 saturated carbocycles. The molecule has 1 aliphatic heterocycles. The van der Waals surface area contributed by atoms with Gasteiger partial charge in [-0.25, -0.2) is 4.98 Å². The summed E-state index contributed by atoms with van der Waals surface area (Å²) in [5.41, 5.74) is 1.18. The molecule has 1 amide bonds. The van der Waals surface area contributed by atoms with Crippen LogP contribution >= 0.6 is 0 Å². The van der Waals surface area contributed by atoms with E-state index in [1.807, 2.05) is 0 Å². The second-order valence-corrected chi connectivity index (χ2v) is 7.70. The Labute approximate surface area is 187 Å². The number of fused-ring (bicyclic) bond motifs is 1. The quantitative estimate of drug-likeness (QED) is 0.582. The number of carbonyl (C=O) groups excluding carboxylic acids is 1. The Balaban J connectivity index is 1.38. The molecular formula is C21H22F3N7O2. The number of rotatable bonds is 6. The highest BCUT2D eigenvalue weighted by Gasteiger charge is 2.37. The van der Waals surface area contributed by atoms with Crippen LogP contribution in [0.15, 0.2) is 30.5 Å². The maximum absolute atomic E-state index is 13.1. The summed E-state index contributed by atoms with van der Waals surface area (Å²) in [6.45, 7) is 2.19. The van der Waals surface area contributed by atoms with Gasteiger partial charge in [0.1, 0.15) is 18.0 Å².